The van der Waals surface area contributed by atoms with E-state index in [1.54, 1.807) is 41.4 Å². The zero-order valence-electron chi connectivity index (χ0n) is 16.9. The summed E-state index contributed by atoms with van der Waals surface area (Å²) in [7, 11) is 2.95. The lowest BCUT2D eigenvalue weighted by atomic mass is 9.93. The molecule has 32 heavy (non-hydrogen) atoms. The molecule has 0 saturated carbocycles. The molecule has 2 aromatic carbocycles. The lowest BCUT2D eigenvalue weighted by Crippen LogP contribution is -2.35. The second kappa shape index (κ2) is 7.95. The van der Waals surface area contributed by atoms with Gasteiger partial charge < -0.3 is 24.5 Å². The number of ether oxygens (including phenoxy) is 3. The van der Waals surface area contributed by atoms with Gasteiger partial charge in [0.25, 0.3) is 11.5 Å². The molecule has 0 spiro atoms. The number of H-pyrrole nitrogens is 1. The number of amides is 1. The van der Waals surface area contributed by atoms with E-state index in [0.717, 1.165) is 6.07 Å². The Morgan fingerprint density at radius 1 is 1.06 bits per heavy atom. The number of pyridine rings is 1. The normalized spacial score (nSPS) is 14.6. The number of aromatic amines is 1. The first kappa shape index (κ1) is 21.3. The van der Waals surface area contributed by atoms with Crippen molar-refractivity contribution in [2.45, 2.75) is 12.2 Å². The van der Waals surface area contributed by atoms with Crippen LogP contribution in [-0.2, 0) is 6.18 Å². The summed E-state index contributed by atoms with van der Waals surface area (Å²) in [5.41, 5.74) is -1.80. The fourth-order valence-corrected chi connectivity index (χ4v) is 3.49. The van der Waals surface area contributed by atoms with E-state index >= 15 is 0 Å². The van der Waals surface area contributed by atoms with Crippen LogP contribution in [-0.4, -0.2) is 25.1 Å². The Morgan fingerprint density at radius 2 is 1.84 bits per heavy atom. The van der Waals surface area contributed by atoms with Gasteiger partial charge in [-0.3, -0.25) is 9.59 Å². The molecule has 0 bridgehead atoms. The number of carbonyl (C=O) groups excluding carboxylic acids is 1. The molecular weight excluding hydrogens is 429 g/mol. The number of fused-ring (bicyclic) bond motifs is 2. The van der Waals surface area contributed by atoms with Gasteiger partial charge in [-0.2, -0.15) is 13.2 Å². The average molecular weight is 446 g/mol. The minimum absolute atomic E-state index is 0.414. The minimum Gasteiger partial charge on any atom is -0.497 e. The largest absolute Gasteiger partial charge is 0.497 e. The van der Waals surface area contributed by atoms with Gasteiger partial charge in [-0.1, -0.05) is 6.07 Å². The van der Waals surface area contributed by atoms with Crippen LogP contribution in [0.1, 0.15) is 33.2 Å². The zero-order chi connectivity index (χ0) is 23.0. The number of halogens is 3. The highest BCUT2D eigenvalue weighted by atomic mass is 19.4. The fraction of sp³-hybridized carbons (Fsp3) is 0.182. The summed E-state index contributed by atoms with van der Waals surface area (Å²) in [6, 6.07) is 10.8. The molecule has 10 heteroatoms. The molecule has 2 N–H and O–H groups in total. The monoisotopic (exact) mass is 446 g/mol. The van der Waals surface area contributed by atoms with E-state index in [1.165, 1.54) is 14.2 Å². The summed E-state index contributed by atoms with van der Waals surface area (Å²) in [4.78, 5) is 26.8. The first-order valence-corrected chi connectivity index (χ1v) is 9.37. The van der Waals surface area contributed by atoms with Crippen LogP contribution in [0.4, 0.5) is 13.2 Å². The molecular formula is C22H17F3N2O5. The molecule has 1 aliphatic rings. The minimum atomic E-state index is -4.74. The van der Waals surface area contributed by atoms with Crippen molar-refractivity contribution in [1.29, 1.82) is 0 Å². The van der Waals surface area contributed by atoms with Crippen LogP contribution < -0.4 is 25.1 Å². The number of hydrogen-bond acceptors (Lipinski definition) is 5. The molecule has 0 aliphatic carbocycles. The average Bonchev–Trinajstić information content (AvgIpc) is 2.77. The number of methoxy groups -OCH3 is 2. The topological polar surface area (TPSA) is 89.7 Å². The lowest BCUT2D eigenvalue weighted by molar-refractivity contribution is -0.141. The molecule has 7 nitrogen and oxygen atoms in total. The van der Waals surface area contributed by atoms with Crippen LogP contribution in [0.15, 0.2) is 53.3 Å². The Labute approximate surface area is 179 Å². The predicted octanol–water partition coefficient (Wildman–Crippen LogP) is 4.04. The van der Waals surface area contributed by atoms with E-state index in [0.29, 0.717) is 40.2 Å². The van der Waals surface area contributed by atoms with E-state index in [1.807, 2.05) is 0 Å². The van der Waals surface area contributed by atoms with Crippen LogP contribution in [0.3, 0.4) is 0 Å². The molecule has 1 atom stereocenters. The molecule has 3 aromatic rings. The molecule has 0 saturated heterocycles. The second-order valence-electron chi connectivity index (χ2n) is 6.90. The van der Waals surface area contributed by atoms with Crippen molar-refractivity contribution < 1.29 is 32.2 Å². The van der Waals surface area contributed by atoms with Crippen LogP contribution in [0.2, 0.25) is 0 Å². The standard InChI is InChI=1S/C22H17F3N2O5/c1-30-11-6-7-12-16(10-11)32-15-5-3-4-14(31-2)18(15)19(12)27-21(29)13-8-9-17(22(23,24)25)26-20(13)28/h3-10,19H,1-2H3,(H,26,28)(H,27,29). The third kappa shape index (κ3) is 3.75. The molecule has 0 radical (unpaired) electrons. The van der Waals surface area contributed by atoms with Gasteiger partial charge in [-0.15, -0.1) is 0 Å². The van der Waals surface area contributed by atoms with E-state index in [-0.39, 0.29) is 0 Å². The van der Waals surface area contributed by atoms with Gasteiger partial charge in [0.1, 0.15) is 34.3 Å². The highest BCUT2D eigenvalue weighted by Gasteiger charge is 2.34. The highest BCUT2D eigenvalue weighted by Crippen LogP contribution is 2.47. The van der Waals surface area contributed by atoms with Crippen molar-refractivity contribution in [3.63, 3.8) is 0 Å². The number of rotatable bonds is 4. The highest BCUT2D eigenvalue weighted by molar-refractivity contribution is 5.94. The first-order valence-electron chi connectivity index (χ1n) is 9.37. The van der Waals surface area contributed by atoms with Gasteiger partial charge in [0.2, 0.25) is 0 Å². The predicted molar refractivity (Wildman–Crippen MR) is 107 cm³/mol. The summed E-state index contributed by atoms with van der Waals surface area (Å²) >= 11 is 0. The maximum absolute atomic E-state index is 12.9. The van der Waals surface area contributed by atoms with E-state index in [2.05, 4.69) is 5.32 Å². The Bertz CT molecular complexity index is 1250. The van der Waals surface area contributed by atoms with Crippen LogP contribution in [0, 0.1) is 0 Å². The number of carbonyl (C=O) groups is 1. The molecule has 1 unspecified atom stereocenters. The summed E-state index contributed by atoms with van der Waals surface area (Å²) in [5.74, 6) is 0.925. The number of benzene rings is 2. The maximum atomic E-state index is 12.9. The number of aromatic nitrogens is 1. The van der Waals surface area contributed by atoms with Crippen molar-refractivity contribution in [3.8, 4) is 23.0 Å². The molecule has 4 rings (SSSR count). The van der Waals surface area contributed by atoms with E-state index in [9.17, 15) is 22.8 Å². The number of nitrogens with one attached hydrogen (secondary N) is 2. The van der Waals surface area contributed by atoms with Crippen LogP contribution in [0.25, 0.3) is 0 Å². The van der Waals surface area contributed by atoms with Crippen molar-refractivity contribution in [2.24, 2.45) is 0 Å². The van der Waals surface area contributed by atoms with E-state index in [4.69, 9.17) is 14.2 Å². The molecule has 1 aromatic heterocycles. The smallest absolute Gasteiger partial charge is 0.431 e. The third-order valence-corrected chi connectivity index (χ3v) is 5.02. The van der Waals surface area contributed by atoms with Crippen molar-refractivity contribution in [1.82, 2.24) is 10.3 Å². The van der Waals surface area contributed by atoms with Crippen molar-refractivity contribution >= 4 is 5.91 Å². The summed E-state index contributed by atoms with van der Waals surface area (Å²) < 4.78 is 55.1. The number of hydrogen-bond donors (Lipinski definition) is 2. The van der Waals surface area contributed by atoms with Gasteiger partial charge in [0, 0.05) is 11.6 Å². The van der Waals surface area contributed by atoms with Crippen LogP contribution in [0.5, 0.6) is 23.0 Å². The van der Waals surface area contributed by atoms with Crippen molar-refractivity contribution in [3.05, 3.63) is 81.3 Å². The van der Waals surface area contributed by atoms with Gasteiger partial charge in [-0.25, -0.2) is 0 Å². The first-order chi connectivity index (χ1) is 15.2. The third-order valence-electron chi connectivity index (χ3n) is 5.02. The molecule has 2 heterocycles. The lowest BCUT2D eigenvalue weighted by Gasteiger charge is -2.30. The summed E-state index contributed by atoms with van der Waals surface area (Å²) in [6.45, 7) is 0. The SMILES string of the molecule is COc1ccc2c(c1)Oc1cccc(OC)c1C2NC(=O)c1ccc(C(F)(F)F)[nH]c1=O. The Balaban J connectivity index is 1.77. The fourth-order valence-electron chi connectivity index (χ4n) is 3.49. The van der Waals surface area contributed by atoms with Crippen LogP contribution >= 0.6 is 0 Å². The van der Waals surface area contributed by atoms with E-state index < -0.39 is 34.9 Å². The Kier molecular flexibility index (Phi) is 5.29. The van der Waals surface area contributed by atoms with Gasteiger partial charge in [0.05, 0.1) is 25.8 Å². The molecule has 0 fully saturated rings. The summed E-state index contributed by atoms with van der Waals surface area (Å²) in [5, 5.41) is 2.72. The second-order valence-corrected chi connectivity index (χ2v) is 6.90. The Hall–Kier alpha value is -3.95. The molecule has 1 amide bonds. The van der Waals surface area contributed by atoms with Gasteiger partial charge in [-0.05, 0) is 36.4 Å². The van der Waals surface area contributed by atoms with Crippen molar-refractivity contribution in [2.75, 3.05) is 14.2 Å². The maximum Gasteiger partial charge on any atom is 0.431 e. The van der Waals surface area contributed by atoms with Gasteiger partial charge >= 0.3 is 6.18 Å². The quantitative estimate of drug-likeness (QED) is 0.632. The zero-order valence-corrected chi connectivity index (χ0v) is 16.9. The van der Waals surface area contributed by atoms with Gasteiger partial charge in [0.15, 0.2) is 0 Å². The molecule has 166 valence electrons. The Morgan fingerprint density at radius 3 is 2.50 bits per heavy atom. The number of alkyl halides is 3. The molecule has 1 aliphatic heterocycles. The summed E-state index contributed by atoms with van der Waals surface area (Å²) in [6.07, 6.45) is -4.74.